The molecule has 154 valence electrons. The molecule has 3 rings (SSSR count). The van der Waals surface area contributed by atoms with E-state index in [1.54, 1.807) is 11.3 Å². The number of nitrogens with one attached hydrogen (secondary N) is 1. The van der Waals surface area contributed by atoms with Crippen molar-refractivity contribution in [2.24, 2.45) is 5.73 Å². The van der Waals surface area contributed by atoms with Gasteiger partial charge in [-0.3, -0.25) is 4.57 Å². The second-order valence-corrected chi connectivity index (χ2v) is 7.83. The van der Waals surface area contributed by atoms with Crippen LogP contribution in [0.3, 0.4) is 0 Å². The molecule has 0 fully saturated rings. The zero-order valence-corrected chi connectivity index (χ0v) is 17.0. The van der Waals surface area contributed by atoms with E-state index >= 15 is 0 Å². The summed E-state index contributed by atoms with van der Waals surface area (Å²) in [5, 5.41) is 6.19. The van der Waals surface area contributed by atoms with Gasteiger partial charge in [0.05, 0.1) is 0 Å². The number of H-pyrrole nitrogens is 1. The monoisotopic (exact) mass is 420 g/mol. The van der Waals surface area contributed by atoms with Crippen LogP contribution in [0.5, 0.6) is 0 Å². The van der Waals surface area contributed by atoms with E-state index in [-0.39, 0.29) is 24.4 Å². The summed E-state index contributed by atoms with van der Waals surface area (Å²) in [7, 11) is 3.87. The van der Waals surface area contributed by atoms with Crippen LogP contribution in [-0.2, 0) is 19.4 Å². The minimum Gasteiger partial charge on any atom is -0.363 e. The Bertz CT molecular complexity index is 1050. The van der Waals surface area contributed by atoms with Gasteiger partial charge in [-0.1, -0.05) is 0 Å². The van der Waals surface area contributed by atoms with Gasteiger partial charge in [0.2, 0.25) is 0 Å². The number of nitrogens with zero attached hydrogens (tertiary/aromatic N) is 4. The molecule has 7 nitrogen and oxygen atoms in total. The van der Waals surface area contributed by atoms with E-state index in [9.17, 15) is 13.6 Å². The van der Waals surface area contributed by atoms with E-state index in [0.717, 1.165) is 21.1 Å². The molecule has 0 aliphatic heterocycles. The highest BCUT2D eigenvalue weighted by Gasteiger charge is 2.14. The topological polar surface area (TPSA) is 92.8 Å². The molecule has 0 unspecified atom stereocenters. The number of pyridine rings is 1. The van der Waals surface area contributed by atoms with E-state index in [1.165, 1.54) is 4.57 Å². The molecule has 29 heavy (non-hydrogen) atoms. The Kier molecular flexibility index (Phi) is 6.55. The van der Waals surface area contributed by atoms with Crippen LogP contribution in [-0.4, -0.2) is 40.4 Å². The zero-order valence-electron chi connectivity index (χ0n) is 16.2. The van der Waals surface area contributed by atoms with E-state index in [1.807, 2.05) is 49.5 Å². The Morgan fingerprint density at radius 3 is 2.69 bits per heavy atom. The number of hydrogen-bond acceptors (Lipinski definition) is 6. The molecule has 3 heterocycles. The fourth-order valence-electron chi connectivity index (χ4n) is 2.81. The van der Waals surface area contributed by atoms with Crippen LogP contribution in [0, 0.1) is 0 Å². The summed E-state index contributed by atoms with van der Waals surface area (Å²) in [4.78, 5) is 20.5. The number of nitrogens with two attached hydrogens (primary N) is 1. The smallest absolute Gasteiger partial charge is 0.343 e. The number of aryl methyl sites for hydroxylation is 1. The Morgan fingerprint density at radius 2 is 2.07 bits per heavy atom. The average Bonchev–Trinajstić information content (AvgIpc) is 3.31. The lowest BCUT2D eigenvalue weighted by molar-refractivity contribution is 0.406. The molecular weight excluding hydrogens is 398 g/mol. The normalized spacial score (nSPS) is 10.9. The molecule has 10 heteroatoms. The second kappa shape index (κ2) is 9.10. The van der Waals surface area contributed by atoms with Gasteiger partial charge in [-0.05, 0) is 30.7 Å². The largest absolute Gasteiger partial charge is 0.363 e. The maximum absolute atomic E-state index is 12.9. The fraction of sp³-hybridized carbons (Fsp3) is 0.316. The lowest BCUT2D eigenvalue weighted by atomic mass is 10.2. The van der Waals surface area contributed by atoms with Gasteiger partial charge >= 0.3 is 5.69 Å². The van der Waals surface area contributed by atoms with Gasteiger partial charge in [0, 0.05) is 60.7 Å². The second-order valence-electron chi connectivity index (χ2n) is 6.66. The molecule has 0 amide bonds. The Morgan fingerprint density at radius 1 is 1.28 bits per heavy atom. The predicted molar refractivity (Wildman–Crippen MR) is 110 cm³/mol. The van der Waals surface area contributed by atoms with Crippen molar-refractivity contribution in [3.05, 3.63) is 63.3 Å². The molecule has 0 radical (unpaired) electrons. The van der Waals surface area contributed by atoms with Crippen LogP contribution < -0.4 is 16.3 Å². The molecule has 0 aliphatic carbocycles. The van der Waals surface area contributed by atoms with Crippen molar-refractivity contribution >= 4 is 17.2 Å². The summed E-state index contributed by atoms with van der Waals surface area (Å²) < 4.78 is 27.1. The summed E-state index contributed by atoms with van der Waals surface area (Å²) in [6.07, 6.45) is 0.430. The van der Waals surface area contributed by atoms with Crippen LogP contribution in [0.4, 0.5) is 14.6 Å². The van der Waals surface area contributed by atoms with Crippen molar-refractivity contribution in [2.75, 3.05) is 25.5 Å². The van der Waals surface area contributed by atoms with Crippen molar-refractivity contribution in [2.45, 2.75) is 19.4 Å². The fourth-order valence-corrected chi connectivity index (χ4v) is 3.80. The molecule has 0 aliphatic rings. The van der Waals surface area contributed by atoms with E-state index < -0.39 is 11.8 Å². The van der Waals surface area contributed by atoms with Gasteiger partial charge < -0.3 is 10.6 Å². The minimum absolute atomic E-state index is 0.156. The summed E-state index contributed by atoms with van der Waals surface area (Å²) in [5.74, 6) is 1.14. The molecule has 3 N–H and O–H groups in total. The third kappa shape index (κ3) is 4.96. The summed E-state index contributed by atoms with van der Waals surface area (Å²) in [5.41, 5.74) is 5.73. The molecule has 0 saturated carbocycles. The molecule has 0 aromatic carbocycles. The first kappa shape index (κ1) is 20.9. The number of halogens is 2. The van der Waals surface area contributed by atoms with Gasteiger partial charge in [0.1, 0.15) is 11.6 Å². The lowest BCUT2D eigenvalue weighted by Crippen LogP contribution is -2.21. The number of aromatic amines is 1. The molecule has 3 aromatic rings. The molecule has 3 aromatic heterocycles. The number of aromatic nitrogens is 4. The predicted octanol–water partition coefficient (Wildman–Crippen LogP) is 2.66. The highest BCUT2D eigenvalue weighted by molar-refractivity contribution is 7.15. The Labute approximate surface area is 170 Å². The Balaban J connectivity index is 1.71. The van der Waals surface area contributed by atoms with Crippen molar-refractivity contribution in [3.8, 4) is 10.4 Å². The lowest BCUT2D eigenvalue weighted by Gasteiger charge is -2.10. The summed E-state index contributed by atoms with van der Waals surface area (Å²) >= 11 is 1.61. The minimum atomic E-state index is -1.83. The van der Waals surface area contributed by atoms with Crippen molar-refractivity contribution < 1.29 is 8.78 Å². The number of thiophene rings is 1. The highest BCUT2D eigenvalue weighted by Crippen LogP contribution is 2.29. The first-order chi connectivity index (χ1) is 13.9. The van der Waals surface area contributed by atoms with Crippen LogP contribution in [0.1, 0.15) is 10.7 Å². The van der Waals surface area contributed by atoms with Crippen LogP contribution in [0.15, 0.2) is 46.9 Å². The van der Waals surface area contributed by atoms with Gasteiger partial charge in [-0.15, -0.1) is 11.3 Å². The maximum Gasteiger partial charge on any atom is 0.343 e. The van der Waals surface area contributed by atoms with Gasteiger partial charge in [-0.2, -0.15) is 13.9 Å². The number of rotatable bonds is 8. The molecule has 0 saturated heterocycles. The maximum atomic E-state index is 12.9. The third-order valence-electron chi connectivity index (χ3n) is 4.46. The quantitative estimate of drug-likeness (QED) is 0.585. The molecule has 0 atom stereocenters. The summed E-state index contributed by atoms with van der Waals surface area (Å²) in [6.45, 7) is 0.0620. The van der Waals surface area contributed by atoms with Gasteiger partial charge in [0.25, 0.3) is 6.08 Å². The highest BCUT2D eigenvalue weighted by atomic mass is 32.1. The van der Waals surface area contributed by atoms with Crippen molar-refractivity contribution in [3.63, 3.8) is 0 Å². The first-order valence-corrected chi connectivity index (χ1v) is 9.80. The van der Waals surface area contributed by atoms with E-state index in [2.05, 4.69) is 15.2 Å². The zero-order chi connectivity index (χ0) is 21.0. The summed E-state index contributed by atoms with van der Waals surface area (Å²) in [6, 6.07) is 7.98. The van der Waals surface area contributed by atoms with Gasteiger partial charge in [-0.25, -0.2) is 14.9 Å². The van der Waals surface area contributed by atoms with Crippen LogP contribution in [0.2, 0.25) is 0 Å². The number of anilines is 1. The first-order valence-electron chi connectivity index (χ1n) is 8.98. The number of hydrogen-bond donors (Lipinski definition) is 2. The van der Waals surface area contributed by atoms with Crippen LogP contribution in [0.25, 0.3) is 10.4 Å². The molecule has 0 bridgehead atoms. The van der Waals surface area contributed by atoms with Crippen molar-refractivity contribution in [1.29, 1.82) is 0 Å². The third-order valence-corrected chi connectivity index (χ3v) is 5.65. The van der Waals surface area contributed by atoms with Crippen molar-refractivity contribution in [1.82, 2.24) is 19.7 Å². The van der Waals surface area contributed by atoms with E-state index in [4.69, 9.17) is 5.73 Å². The van der Waals surface area contributed by atoms with E-state index in [0.29, 0.717) is 13.0 Å². The average molecular weight is 420 g/mol. The molecular formula is C19H22F2N6OS. The van der Waals surface area contributed by atoms with Crippen LogP contribution >= 0.6 is 11.3 Å². The molecule has 0 spiro atoms. The Hall–Kier alpha value is -2.85. The van der Waals surface area contributed by atoms with Gasteiger partial charge in [0.15, 0.2) is 0 Å². The standard InChI is InChI=1S/C19H22F2N6OS/c1-26(2)16-6-3-12(11-23-16)15-5-4-14(29-15)7-8-27-17(24-25-19(27)28)9-13(10-22)18(20)21/h3-6,11H,7-10,22H2,1-2H3,(H,25,28). The SMILES string of the molecule is CN(C)c1ccc(-c2ccc(CCn3c(CC(CN)=C(F)F)n[nH]c3=O)s2)cn1.